The fourth-order valence-electron chi connectivity index (χ4n) is 4.07. The zero-order valence-corrected chi connectivity index (χ0v) is 17.7. The summed E-state index contributed by atoms with van der Waals surface area (Å²) in [6.07, 6.45) is 5.69. The van der Waals surface area contributed by atoms with Gasteiger partial charge < -0.3 is 25.1 Å². The number of primary amides is 1. The number of fused-ring (bicyclic) bond motifs is 2. The van der Waals surface area contributed by atoms with Gasteiger partial charge in [0.25, 0.3) is 0 Å². The van der Waals surface area contributed by atoms with E-state index in [9.17, 15) is 9.18 Å². The van der Waals surface area contributed by atoms with Gasteiger partial charge in [0.2, 0.25) is 5.91 Å². The number of ether oxygens (including phenoxy) is 2. The number of aryl methyl sites for hydroxylation is 1. The lowest BCUT2D eigenvalue weighted by Gasteiger charge is -2.29. The third kappa shape index (κ3) is 4.08. The second kappa shape index (κ2) is 8.71. The number of H-pyrrole nitrogens is 1. The van der Waals surface area contributed by atoms with Crippen LogP contribution in [0.2, 0.25) is 0 Å². The predicted octanol–water partition coefficient (Wildman–Crippen LogP) is 4.10. The fourth-order valence-corrected chi connectivity index (χ4v) is 4.07. The minimum Gasteiger partial charge on any atom is -0.497 e. The number of hydrogen-bond acceptors (Lipinski definition) is 4. The molecule has 0 saturated heterocycles. The topological polar surface area (TPSA) is 80.6 Å². The molecule has 0 bridgehead atoms. The van der Waals surface area contributed by atoms with Gasteiger partial charge in [0.15, 0.2) is 11.6 Å². The van der Waals surface area contributed by atoms with E-state index in [2.05, 4.69) is 16.8 Å². The summed E-state index contributed by atoms with van der Waals surface area (Å²) in [4.78, 5) is 17.3. The lowest BCUT2D eigenvalue weighted by molar-refractivity contribution is 0.0999. The molecule has 4 rings (SSSR count). The molecule has 0 unspecified atom stereocenters. The van der Waals surface area contributed by atoms with Crippen LogP contribution >= 0.6 is 0 Å². The van der Waals surface area contributed by atoms with E-state index >= 15 is 0 Å². The number of amides is 1. The number of nitrogens with two attached hydrogens (primary N) is 1. The molecule has 0 spiro atoms. The Labute approximate surface area is 180 Å². The molecule has 3 N–H and O–H groups in total. The summed E-state index contributed by atoms with van der Waals surface area (Å²) in [6.45, 7) is 3.89. The van der Waals surface area contributed by atoms with E-state index in [1.54, 1.807) is 7.11 Å². The number of nitrogens with zero attached hydrogens (tertiary/aromatic N) is 1. The van der Waals surface area contributed by atoms with Crippen LogP contribution in [0.25, 0.3) is 17.0 Å². The van der Waals surface area contributed by atoms with E-state index in [4.69, 9.17) is 15.2 Å². The lowest BCUT2D eigenvalue weighted by Crippen LogP contribution is -2.29. The number of likely N-dealkylation sites (N-methyl/N-ethyl adjacent to an activating group) is 1. The van der Waals surface area contributed by atoms with E-state index in [-0.39, 0.29) is 17.9 Å². The molecule has 0 saturated carbocycles. The molecule has 0 aliphatic carbocycles. The highest BCUT2D eigenvalue weighted by Crippen LogP contribution is 2.33. The number of carbonyl (C=O) groups excluding carboxylic acids is 1. The van der Waals surface area contributed by atoms with Crippen LogP contribution in [0.15, 0.2) is 42.2 Å². The Morgan fingerprint density at radius 1 is 1.32 bits per heavy atom. The average molecular weight is 423 g/mol. The highest BCUT2D eigenvalue weighted by Gasteiger charge is 2.23. The maximum Gasteiger partial charge on any atom is 0.249 e. The van der Waals surface area contributed by atoms with Crippen molar-refractivity contribution in [3.8, 4) is 11.5 Å². The van der Waals surface area contributed by atoms with Crippen molar-refractivity contribution in [1.82, 2.24) is 9.88 Å². The largest absolute Gasteiger partial charge is 0.497 e. The van der Waals surface area contributed by atoms with Gasteiger partial charge in [0, 0.05) is 35.8 Å². The zero-order valence-electron chi connectivity index (χ0n) is 17.7. The molecule has 162 valence electrons. The highest BCUT2D eigenvalue weighted by atomic mass is 19.1. The third-order valence-electron chi connectivity index (χ3n) is 5.73. The van der Waals surface area contributed by atoms with Crippen LogP contribution in [0.3, 0.4) is 0 Å². The maximum atomic E-state index is 14.1. The number of halogens is 1. The van der Waals surface area contributed by atoms with Crippen molar-refractivity contribution in [2.24, 2.45) is 5.73 Å². The highest BCUT2D eigenvalue weighted by molar-refractivity contribution is 5.98. The molecule has 3 aromatic rings. The summed E-state index contributed by atoms with van der Waals surface area (Å²) in [5.41, 5.74) is 9.38. The first-order valence-electron chi connectivity index (χ1n) is 10.4. The van der Waals surface area contributed by atoms with Crippen molar-refractivity contribution in [2.75, 3.05) is 26.8 Å². The molecule has 0 atom stereocenters. The van der Waals surface area contributed by atoms with Gasteiger partial charge in [-0.05, 0) is 61.7 Å². The van der Waals surface area contributed by atoms with Crippen LogP contribution in [0.1, 0.15) is 34.8 Å². The standard InChI is InChI=1S/C24H26FN3O3/c1-3-28(10-4-5-15-13-27-22-9-6-17(30-2)12-19(15)22)16-11-20-18(24(26)29)7-8-21(25)23(20)31-14-16/h6-9,11-13,27H,3-5,10,14H2,1-2H3,(H2,26,29). The Morgan fingerprint density at radius 2 is 2.16 bits per heavy atom. The summed E-state index contributed by atoms with van der Waals surface area (Å²) in [7, 11) is 1.67. The van der Waals surface area contributed by atoms with Gasteiger partial charge in [-0.3, -0.25) is 4.79 Å². The van der Waals surface area contributed by atoms with Gasteiger partial charge in [-0.2, -0.15) is 0 Å². The molecular weight excluding hydrogens is 397 g/mol. The molecule has 6 nitrogen and oxygen atoms in total. The number of hydrogen-bond donors (Lipinski definition) is 2. The zero-order chi connectivity index (χ0) is 22.0. The Hall–Kier alpha value is -3.48. The Bertz CT molecular complexity index is 1150. The molecule has 1 aromatic heterocycles. The molecule has 0 radical (unpaired) electrons. The third-order valence-corrected chi connectivity index (χ3v) is 5.73. The van der Waals surface area contributed by atoms with Crippen LogP contribution < -0.4 is 15.2 Å². The van der Waals surface area contributed by atoms with E-state index in [1.807, 2.05) is 30.5 Å². The van der Waals surface area contributed by atoms with E-state index in [0.29, 0.717) is 5.56 Å². The van der Waals surface area contributed by atoms with E-state index < -0.39 is 11.7 Å². The number of aromatic amines is 1. The monoisotopic (exact) mass is 423 g/mol. The quantitative estimate of drug-likeness (QED) is 0.572. The maximum absolute atomic E-state index is 14.1. The second-order valence-electron chi connectivity index (χ2n) is 7.53. The van der Waals surface area contributed by atoms with E-state index in [0.717, 1.165) is 48.3 Å². The van der Waals surface area contributed by atoms with Crippen molar-refractivity contribution in [3.63, 3.8) is 0 Å². The van der Waals surface area contributed by atoms with Gasteiger partial charge in [-0.25, -0.2) is 4.39 Å². The minimum absolute atomic E-state index is 0.0869. The number of carbonyl (C=O) groups is 1. The summed E-state index contributed by atoms with van der Waals surface area (Å²) >= 11 is 0. The number of nitrogens with one attached hydrogen (secondary N) is 1. The number of benzene rings is 2. The lowest BCUT2D eigenvalue weighted by atomic mass is 10.0. The van der Waals surface area contributed by atoms with Crippen molar-refractivity contribution < 1.29 is 18.7 Å². The second-order valence-corrected chi connectivity index (χ2v) is 7.53. The molecule has 31 heavy (non-hydrogen) atoms. The minimum atomic E-state index is -0.602. The number of methoxy groups -OCH3 is 1. The molecule has 1 amide bonds. The summed E-state index contributed by atoms with van der Waals surface area (Å²) in [5.74, 6) is -0.170. The fraction of sp³-hybridized carbons (Fsp3) is 0.292. The van der Waals surface area contributed by atoms with E-state index in [1.165, 1.54) is 17.7 Å². The molecule has 1 aliphatic rings. The Balaban J connectivity index is 1.50. The van der Waals surface area contributed by atoms with Crippen molar-refractivity contribution >= 4 is 22.9 Å². The molecule has 1 aliphatic heterocycles. The smallest absolute Gasteiger partial charge is 0.249 e. The van der Waals surface area contributed by atoms with Crippen LogP contribution in [0.5, 0.6) is 11.5 Å². The van der Waals surface area contributed by atoms with Crippen molar-refractivity contribution in [3.05, 3.63) is 64.7 Å². The SMILES string of the molecule is CCN(CCCc1c[nH]c2ccc(OC)cc12)C1=Cc2c(C(N)=O)ccc(F)c2OC1. The van der Waals surface area contributed by atoms with Crippen LogP contribution in [0, 0.1) is 5.82 Å². The Kier molecular flexibility index (Phi) is 5.84. The van der Waals surface area contributed by atoms with Gasteiger partial charge in [0.1, 0.15) is 12.4 Å². The van der Waals surface area contributed by atoms with Crippen LogP contribution in [0.4, 0.5) is 4.39 Å². The normalized spacial score (nSPS) is 12.8. The Morgan fingerprint density at radius 3 is 2.90 bits per heavy atom. The van der Waals surface area contributed by atoms with Crippen molar-refractivity contribution in [2.45, 2.75) is 19.8 Å². The van der Waals surface area contributed by atoms with Crippen molar-refractivity contribution in [1.29, 1.82) is 0 Å². The molecular formula is C24H26FN3O3. The van der Waals surface area contributed by atoms with Gasteiger partial charge in [-0.15, -0.1) is 0 Å². The summed E-state index contributed by atoms with van der Waals surface area (Å²) in [6, 6.07) is 8.63. The number of rotatable bonds is 8. The molecule has 7 heteroatoms. The summed E-state index contributed by atoms with van der Waals surface area (Å²) < 4.78 is 25.1. The average Bonchev–Trinajstić information content (AvgIpc) is 3.18. The number of aromatic nitrogens is 1. The molecule has 0 fully saturated rings. The molecule has 2 heterocycles. The van der Waals surface area contributed by atoms with Crippen LogP contribution in [-0.2, 0) is 6.42 Å². The van der Waals surface area contributed by atoms with Gasteiger partial charge >= 0.3 is 0 Å². The van der Waals surface area contributed by atoms with Crippen LogP contribution in [-0.4, -0.2) is 42.6 Å². The predicted molar refractivity (Wildman–Crippen MR) is 119 cm³/mol. The van der Waals surface area contributed by atoms with Gasteiger partial charge in [0.05, 0.1) is 18.4 Å². The summed E-state index contributed by atoms with van der Waals surface area (Å²) in [5, 5.41) is 1.16. The molecule has 2 aromatic carbocycles. The van der Waals surface area contributed by atoms with Gasteiger partial charge in [-0.1, -0.05) is 0 Å². The first kappa shape index (κ1) is 20.8. The first-order chi connectivity index (χ1) is 15.0. The first-order valence-corrected chi connectivity index (χ1v) is 10.4.